The number of H-pyrrole nitrogens is 1. The molecule has 1 aromatic heterocycles. The van der Waals surface area contributed by atoms with E-state index < -0.39 is 50.2 Å². The third-order valence-electron chi connectivity index (χ3n) is 3.31. The molecule has 11 nitrogen and oxygen atoms in total. The molecule has 3 N–H and O–H groups in total. The molecule has 1 fully saturated rings. The van der Waals surface area contributed by atoms with E-state index in [4.69, 9.17) is 9.26 Å². The molecule has 23 heavy (non-hydrogen) atoms. The zero-order valence-corrected chi connectivity index (χ0v) is 13.2. The van der Waals surface area contributed by atoms with Gasteiger partial charge in [-0.2, -0.15) is 0 Å². The van der Waals surface area contributed by atoms with Crippen LogP contribution in [0.4, 0.5) is 0 Å². The lowest BCUT2D eigenvalue weighted by Gasteiger charge is -2.18. The molecule has 2 rings (SSSR count). The SMILES string of the molecule is COP(=O)(OC)OC[C@H]1O[C@@H](n2ccc(=O)[nH]c2=O)[C@@H](O)[C@H]1O. The van der Waals surface area contributed by atoms with Gasteiger partial charge in [0.05, 0.1) is 6.61 Å². The number of aliphatic hydroxyl groups excluding tert-OH is 2. The second kappa shape index (κ2) is 7.05. The van der Waals surface area contributed by atoms with Crippen LogP contribution in [-0.4, -0.2) is 58.9 Å². The number of phosphoric ester groups is 1. The molecule has 0 bridgehead atoms. The van der Waals surface area contributed by atoms with Gasteiger partial charge < -0.3 is 14.9 Å². The highest BCUT2D eigenvalue weighted by Gasteiger charge is 2.45. The van der Waals surface area contributed by atoms with Gasteiger partial charge in [-0.3, -0.25) is 27.9 Å². The van der Waals surface area contributed by atoms with Gasteiger partial charge in [0.2, 0.25) is 0 Å². The minimum Gasteiger partial charge on any atom is -0.387 e. The summed E-state index contributed by atoms with van der Waals surface area (Å²) in [6.45, 7) is -0.411. The number of ether oxygens (including phenoxy) is 1. The Kier molecular flexibility index (Phi) is 5.53. The topological polar surface area (TPSA) is 149 Å². The van der Waals surface area contributed by atoms with Crippen LogP contribution in [0, 0.1) is 0 Å². The molecule has 130 valence electrons. The summed E-state index contributed by atoms with van der Waals surface area (Å²) < 4.78 is 32.1. The predicted octanol–water partition coefficient (Wildman–Crippen LogP) is -1.43. The van der Waals surface area contributed by atoms with Crippen LogP contribution in [-0.2, 0) is 22.9 Å². The molecule has 0 aliphatic carbocycles. The van der Waals surface area contributed by atoms with E-state index in [1.807, 2.05) is 4.98 Å². The van der Waals surface area contributed by atoms with Crippen LogP contribution in [0.15, 0.2) is 21.9 Å². The van der Waals surface area contributed by atoms with Crippen LogP contribution >= 0.6 is 7.82 Å². The number of phosphoric acid groups is 1. The largest absolute Gasteiger partial charge is 0.474 e. The third kappa shape index (κ3) is 3.78. The molecule has 0 spiro atoms. The van der Waals surface area contributed by atoms with E-state index in [-0.39, 0.29) is 0 Å². The molecule has 1 saturated heterocycles. The average Bonchev–Trinajstić information content (AvgIpc) is 2.81. The van der Waals surface area contributed by atoms with Crippen molar-refractivity contribution in [2.45, 2.75) is 24.5 Å². The van der Waals surface area contributed by atoms with Crippen LogP contribution in [0.1, 0.15) is 6.23 Å². The van der Waals surface area contributed by atoms with Crippen molar-refractivity contribution in [3.05, 3.63) is 33.1 Å². The molecule has 12 heteroatoms. The number of aromatic amines is 1. The molecule has 2 heterocycles. The number of hydrogen-bond acceptors (Lipinski definition) is 9. The lowest BCUT2D eigenvalue weighted by atomic mass is 10.1. The van der Waals surface area contributed by atoms with E-state index in [9.17, 15) is 24.4 Å². The standard InChI is InChI=1S/C11H17N2O9P/c1-19-23(18,20-2)21-5-6-8(15)9(16)10(22-6)13-4-3-7(14)12-11(13)17/h3-4,6,8-10,15-16H,5H2,1-2H3,(H,12,14,17)/t6-,8+,9+,10-/m1/s1. The lowest BCUT2D eigenvalue weighted by Crippen LogP contribution is -2.37. The summed E-state index contributed by atoms with van der Waals surface area (Å²) in [5.74, 6) is 0. The number of rotatable bonds is 6. The summed E-state index contributed by atoms with van der Waals surface area (Å²) >= 11 is 0. The quantitative estimate of drug-likeness (QED) is 0.524. The lowest BCUT2D eigenvalue weighted by molar-refractivity contribution is -0.0552. The maximum absolute atomic E-state index is 11.8. The van der Waals surface area contributed by atoms with Crippen molar-refractivity contribution in [2.75, 3.05) is 20.8 Å². The predicted molar refractivity (Wildman–Crippen MR) is 74.8 cm³/mol. The van der Waals surface area contributed by atoms with E-state index in [0.717, 1.165) is 31.0 Å². The van der Waals surface area contributed by atoms with Crippen molar-refractivity contribution in [2.24, 2.45) is 0 Å². The zero-order valence-electron chi connectivity index (χ0n) is 12.3. The molecule has 0 aromatic carbocycles. The Bertz CT molecular complexity index is 693. The molecule has 0 saturated carbocycles. The van der Waals surface area contributed by atoms with Crippen molar-refractivity contribution in [3.8, 4) is 0 Å². The summed E-state index contributed by atoms with van der Waals surface area (Å²) in [4.78, 5) is 24.8. The highest BCUT2D eigenvalue weighted by atomic mass is 31.2. The molecule has 0 amide bonds. The number of aromatic nitrogens is 2. The second-order valence-corrected chi connectivity index (χ2v) is 6.55. The Morgan fingerprint density at radius 3 is 2.52 bits per heavy atom. The number of nitrogens with zero attached hydrogens (tertiary/aromatic N) is 1. The monoisotopic (exact) mass is 352 g/mol. The summed E-state index contributed by atoms with van der Waals surface area (Å²) in [6, 6.07) is 1.07. The minimum absolute atomic E-state index is 0.411. The molecular weight excluding hydrogens is 335 g/mol. The molecule has 0 radical (unpaired) electrons. The van der Waals surface area contributed by atoms with E-state index in [2.05, 4.69) is 9.05 Å². The number of nitrogens with one attached hydrogen (secondary N) is 1. The second-order valence-electron chi connectivity index (χ2n) is 4.67. The van der Waals surface area contributed by atoms with E-state index in [1.165, 1.54) is 0 Å². The number of aliphatic hydroxyl groups is 2. The highest BCUT2D eigenvalue weighted by molar-refractivity contribution is 7.48. The van der Waals surface area contributed by atoms with Crippen molar-refractivity contribution in [1.82, 2.24) is 9.55 Å². The van der Waals surface area contributed by atoms with Crippen molar-refractivity contribution in [1.29, 1.82) is 0 Å². The molecule has 1 aromatic rings. The van der Waals surface area contributed by atoms with Gasteiger partial charge in [0.15, 0.2) is 6.23 Å². The van der Waals surface area contributed by atoms with Gasteiger partial charge in [-0.25, -0.2) is 9.36 Å². The van der Waals surface area contributed by atoms with Gasteiger partial charge in [-0.05, 0) is 0 Å². The van der Waals surface area contributed by atoms with Gasteiger partial charge in [0.1, 0.15) is 18.3 Å². The van der Waals surface area contributed by atoms with Gasteiger partial charge >= 0.3 is 13.5 Å². The van der Waals surface area contributed by atoms with Crippen molar-refractivity contribution < 1.29 is 33.1 Å². The van der Waals surface area contributed by atoms with Gasteiger partial charge in [-0.1, -0.05) is 0 Å². The van der Waals surface area contributed by atoms with Crippen molar-refractivity contribution in [3.63, 3.8) is 0 Å². The Balaban J connectivity index is 2.13. The summed E-state index contributed by atoms with van der Waals surface area (Å²) in [6.07, 6.45) is -4.09. The van der Waals surface area contributed by atoms with Crippen molar-refractivity contribution >= 4 is 7.82 Å². The zero-order chi connectivity index (χ0) is 17.2. The first-order chi connectivity index (χ1) is 10.8. The molecular formula is C11H17N2O9P. The first-order valence-corrected chi connectivity index (χ1v) is 7.96. The van der Waals surface area contributed by atoms with Crippen LogP contribution in [0.2, 0.25) is 0 Å². The minimum atomic E-state index is -3.78. The molecule has 4 atom stereocenters. The fraction of sp³-hybridized carbons (Fsp3) is 0.636. The van der Waals surface area contributed by atoms with Crippen LogP contribution < -0.4 is 11.2 Å². The Morgan fingerprint density at radius 2 is 1.96 bits per heavy atom. The summed E-state index contributed by atoms with van der Waals surface area (Å²) in [5.41, 5.74) is -1.42. The smallest absolute Gasteiger partial charge is 0.387 e. The van der Waals surface area contributed by atoms with Gasteiger partial charge in [0, 0.05) is 26.5 Å². The molecule has 1 aliphatic heterocycles. The van der Waals surface area contributed by atoms with Crippen LogP contribution in [0.3, 0.4) is 0 Å². The van der Waals surface area contributed by atoms with Gasteiger partial charge in [0.25, 0.3) is 5.56 Å². The summed E-state index contributed by atoms with van der Waals surface area (Å²) in [5, 5.41) is 20.0. The van der Waals surface area contributed by atoms with E-state index >= 15 is 0 Å². The molecule has 0 unspecified atom stereocenters. The first kappa shape index (κ1) is 18.0. The van der Waals surface area contributed by atoms with Crippen LogP contribution in [0.25, 0.3) is 0 Å². The first-order valence-electron chi connectivity index (χ1n) is 6.50. The van der Waals surface area contributed by atoms with Gasteiger partial charge in [-0.15, -0.1) is 0 Å². The van der Waals surface area contributed by atoms with E-state index in [1.54, 1.807) is 0 Å². The highest BCUT2D eigenvalue weighted by Crippen LogP contribution is 2.48. The average molecular weight is 352 g/mol. The maximum atomic E-state index is 11.8. The van der Waals surface area contributed by atoms with Crippen LogP contribution in [0.5, 0.6) is 0 Å². The Hall–Kier alpha value is -1.33. The normalized spacial score (nSPS) is 28.2. The maximum Gasteiger partial charge on any atom is 0.474 e. The molecule has 1 aliphatic rings. The fourth-order valence-corrected chi connectivity index (χ4v) is 2.76. The Labute approximate surface area is 130 Å². The number of hydrogen-bond donors (Lipinski definition) is 3. The Morgan fingerprint density at radius 1 is 1.30 bits per heavy atom. The van der Waals surface area contributed by atoms with E-state index in [0.29, 0.717) is 0 Å². The summed E-state index contributed by atoms with van der Waals surface area (Å²) in [7, 11) is -1.54. The fourth-order valence-electron chi connectivity index (χ4n) is 2.07. The third-order valence-corrected chi connectivity index (χ3v) is 4.67.